The summed E-state index contributed by atoms with van der Waals surface area (Å²) in [5.74, 6) is -1.50. The Hall–Kier alpha value is -3.70. The van der Waals surface area contributed by atoms with Crippen molar-refractivity contribution in [1.82, 2.24) is 10.2 Å². The van der Waals surface area contributed by atoms with Gasteiger partial charge in [-0.3, -0.25) is 0 Å². The molecule has 0 aliphatic heterocycles. The number of esters is 1. The molecule has 0 radical (unpaired) electrons. The van der Waals surface area contributed by atoms with Gasteiger partial charge in [-0.05, 0) is 47.9 Å². The van der Waals surface area contributed by atoms with Crippen molar-refractivity contribution >= 4 is 28.5 Å². The Labute approximate surface area is 240 Å². The molecule has 0 heterocycles. The molecule has 1 aliphatic carbocycles. The van der Waals surface area contributed by atoms with E-state index in [1.807, 2.05) is 36.4 Å². The lowest BCUT2D eigenvalue weighted by atomic mass is 9.66. The Morgan fingerprint density at radius 3 is 2.17 bits per heavy atom. The SMILES string of the molecule is CC(C)[C@@]1(O)[C@](NC(=O)N(C)C)([C@H](C)O)[C@@H](N)[C@H](Nc2ccc3ccccc3c2)[C@]1(O)COC(=O)c1ccccc1. The second-order valence-corrected chi connectivity index (χ2v) is 11.4. The van der Waals surface area contributed by atoms with Gasteiger partial charge in [0.05, 0.1) is 23.8 Å². The molecule has 6 atom stereocenters. The van der Waals surface area contributed by atoms with E-state index in [1.54, 1.807) is 50.2 Å². The van der Waals surface area contributed by atoms with Gasteiger partial charge in [-0.15, -0.1) is 0 Å². The predicted octanol–water partition coefficient (Wildman–Crippen LogP) is 2.33. The van der Waals surface area contributed by atoms with Gasteiger partial charge in [-0.25, -0.2) is 9.59 Å². The van der Waals surface area contributed by atoms with Gasteiger partial charge < -0.3 is 41.3 Å². The number of nitrogens with two attached hydrogens (primary N) is 1. The zero-order valence-corrected chi connectivity index (χ0v) is 24.0. The van der Waals surface area contributed by atoms with Crippen LogP contribution in [-0.4, -0.2) is 87.9 Å². The molecule has 1 saturated carbocycles. The van der Waals surface area contributed by atoms with Crippen LogP contribution in [0.1, 0.15) is 31.1 Å². The number of carbonyl (C=O) groups excluding carboxylic acids is 2. The van der Waals surface area contributed by atoms with Crippen LogP contribution in [0.3, 0.4) is 0 Å². The number of carbonyl (C=O) groups is 2. The molecule has 220 valence electrons. The van der Waals surface area contributed by atoms with Crippen LogP contribution < -0.4 is 16.4 Å². The third-order valence-electron chi connectivity index (χ3n) is 8.41. The van der Waals surface area contributed by atoms with Crippen LogP contribution in [0.25, 0.3) is 10.8 Å². The van der Waals surface area contributed by atoms with Crippen LogP contribution in [-0.2, 0) is 4.74 Å². The number of hydrogen-bond donors (Lipinski definition) is 6. The van der Waals surface area contributed by atoms with Gasteiger partial charge in [0.15, 0.2) is 5.60 Å². The van der Waals surface area contributed by atoms with E-state index in [4.69, 9.17) is 10.5 Å². The van der Waals surface area contributed by atoms with Crippen LogP contribution in [0.15, 0.2) is 72.8 Å². The molecular formula is C31H40N4O6. The van der Waals surface area contributed by atoms with E-state index < -0.39 is 59.5 Å². The Morgan fingerprint density at radius 2 is 1.59 bits per heavy atom. The van der Waals surface area contributed by atoms with Gasteiger partial charge in [-0.2, -0.15) is 0 Å². The summed E-state index contributed by atoms with van der Waals surface area (Å²) in [7, 11) is 3.03. The number of anilines is 1. The number of nitrogens with zero attached hydrogens (tertiary/aromatic N) is 1. The molecule has 0 spiro atoms. The Balaban J connectivity index is 1.86. The van der Waals surface area contributed by atoms with E-state index in [9.17, 15) is 24.9 Å². The number of urea groups is 1. The lowest BCUT2D eigenvalue weighted by molar-refractivity contribution is -0.216. The average molecular weight is 565 g/mol. The van der Waals surface area contributed by atoms with Crippen LogP contribution in [0, 0.1) is 5.92 Å². The summed E-state index contributed by atoms with van der Waals surface area (Å²) in [6, 6.07) is 18.5. The van der Waals surface area contributed by atoms with Crippen LogP contribution in [0.5, 0.6) is 0 Å². The number of amides is 2. The van der Waals surface area contributed by atoms with Crippen molar-refractivity contribution in [2.24, 2.45) is 11.7 Å². The molecule has 10 nitrogen and oxygen atoms in total. The van der Waals surface area contributed by atoms with Crippen molar-refractivity contribution in [2.45, 2.75) is 55.7 Å². The number of fused-ring (bicyclic) bond motifs is 1. The first-order chi connectivity index (χ1) is 19.3. The van der Waals surface area contributed by atoms with Gasteiger partial charge in [0.25, 0.3) is 0 Å². The second-order valence-electron chi connectivity index (χ2n) is 11.4. The van der Waals surface area contributed by atoms with Crippen molar-refractivity contribution in [1.29, 1.82) is 0 Å². The molecule has 0 aromatic heterocycles. The standard InChI is InChI=1S/C31H40N4O6/c1-19(2)31(40)29(39,18-41-27(37)22-12-7-6-8-13-22)26(25(32)30(31,20(3)36)34-28(38)35(4)5)33-24-16-15-21-11-9-10-14-23(21)17-24/h6-17,19-20,25-26,33,36,39-40H,18,32H2,1-5H3,(H,34,38)/t20-,25-,26-,29+,30-,31-/m0/s1. The molecule has 4 rings (SSSR count). The lowest BCUT2D eigenvalue weighted by Crippen LogP contribution is -2.79. The number of nitrogens with one attached hydrogen (secondary N) is 2. The highest BCUT2D eigenvalue weighted by molar-refractivity contribution is 5.89. The molecule has 0 bridgehead atoms. The summed E-state index contributed by atoms with van der Waals surface area (Å²) in [4.78, 5) is 27.3. The van der Waals surface area contributed by atoms with Gasteiger partial charge in [-0.1, -0.05) is 62.4 Å². The number of hydrogen-bond acceptors (Lipinski definition) is 8. The number of benzene rings is 3. The van der Waals surface area contributed by atoms with Gasteiger partial charge in [0, 0.05) is 19.8 Å². The maximum absolute atomic E-state index is 13.1. The topological polar surface area (TPSA) is 157 Å². The Bertz CT molecular complexity index is 1400. The fraction of sp³-hybridized carbons (Fsp3) is 0.419. The maximum atomic E-state index is 13.1. The van der Waals surface area contributed by atoms with Crippen molar-refractivity contribution in [3.63, 3.8) is 0 Å². The summed E-state index contributed by atoms with van der Waals surface area (Å²) in [5.41, 5.74) is 1.15. The minimum absolute atomic E-state index is 0.258. The third kappa shape index (κ3) is 4.91. The zero-order valence-electron chi connectivity index (χ0n) is 24.0. The zero-order chi connectivity index (χ0) is 30.2. The van der Waals surface area contributed by atoms with Gasteiger partial charge in [0.1, 0.15) is 17.7 Å². The molecule has 0 unspecified atom stereocenters. The first-order valence-electron chi connectivity index (χ1n) is 13.6. The Kier molecular flexibility index (Phi) is 8.33. The molecule has 0 saturated heterocycles. The lowest BCUT2D eigenvalue weighted by Gasteiger charge is -2.52. The predicted molar refractivity (Wildman–Crippen MR) is 157 cm³/mol. The van der Waals surface area contributed by atoms with E-state index in [-0.39, 0.29) is 5.56 Å². The largest absolute Gasteiger partial charge is 0.459 e. The fourth-order valence-electron chi connectivity index (χ4n) is 6.26. The molecule has 1 fully saturated rings. The van der Waals surface area contributed by atoms with Crippen LogP contribution in [0.2, 0.25) is 0 Å². The van der Waals surface area contributed by atoms with Gasteiger partial charge >= 0.3 is 12.0 Å². The van der Waals surface area contributed by atoms with Crippen molar-refractivity contribution in [3.8, 4) is 0 Å². The third-order valence-corrected chi connectivity index (χ3v) is 8.41. The summed E-state index contributed by atoms with van der Waals surface area (Å²) >= 11 is 0. The van der Waals surface area contributed by atoms with E-state index in [1.165, 1.54) is 25.9 Å². The molecule has 1 aliphatic rings. The Morgan fingerprint density at radius 1 is 0.976 bits per heavy atom. The summed E-state index contributed by atoms with van der Waals surface area (Å²) in [6.07, 6.45) is -1.44. The molecule has 3 aromatic rings. The summed E-state index contributed by atoms with van der Waals surface area (Å²) < 4.78 is 5.62. The normalized spacial score (nSPS) is 28.3. The van der Waals surface area contributed by atoms with Crippen molar-refractivity contribution in [2.75, 3.05) is 26.0 Å². The minimum Gasteiger partial charge on any atom is -0.459 e. The fourth-order valence-corrected chi connectivity index (χ4v) is 6.26. The van der Waals surface area contributed by atoms with E-state index >= 15 is 0 Å². The first-order valence-corrected chi connectivity index (χ1v) is 13.6. The second kappa shape index (κ2) is 11.3. The van der Waals surface area contributed by atoms with Crippen molar-refractivity contribution < 1.29 is 29.6 Å². The van der Waals surface area contributed by atoms with Gasteiger partial charge in [0.2, 0.25) is 0 Å². The molecule has 3 aromatic carbocycles. The maximum Gasteiger partial charge on any atom is 0.338 e. The number of aliphatic hydroxyl groups excluding tert-OH is 1. The molecule has 2 amide bonds. The van der Waals surface area contributed by atoms with Crippen LogP contribution in [0.4, 0.5) is 10.5 Å². The highest BCUT2D eigenvalue weighted by Gasteiger charge is 2.79. The highest BCUT2D eigenvalue weighted by Crippen LogP contribution is 2.53. The molecule has 7 N–H and O–H groups in total. The highest BCUT2D eigenvalue weighted by atomic mass is 16.5. The molecular weight excluding hydrogens is 524 g/mol. The van der Waals surface area contributed by atoms with Crippen molar-refractivity contribution in [3.05, 3.63) is 78.4 Å². The average Bonchev–Trinajstić information content (AvgIpc) is 3.09. The summed E-state index contributed by atoms with van der Waals surface area (Å²) in [5, 5.41) is 44.4. The number of rotatable bonds is 8. The number of aliphatic hydroxyl groups is 3. The van der Waals surface area contributed by atoms with E-state index in [2.05, 4.69) is 10.6 Å². The van der Waals surface area contributed by atoms with Crippen LogP contribution >= 0.6 is 0 Å². The molecule has 41 heavy (non-hydrogen) atoms. The smallest absolute Gasteiger partial charge is 0.338 e. The van der Waals surface area contributed by atoms with E-state index in [0.717, 1.165) is 10.8 Å². The quantitative estimate of drug-likeness (QED) is 0.228. The first kappa shape index (κ1) is 30.3. The van der Waals surface area contributed by atoms with E-state index in [0.29, 0.717) is 5.69 Å². The number of ether oxygens (including phenoxy) is 1. The molecule has 10 heteroatoms. The summed E-state index contributed by atoms with van der Waals surface area (Å²) in [6.45, 7) is 4.01. The minimum atomic E-state index is -2.29. The monoisotopic (exact) mass is 564 g/mol.